The molecule has 1 atom stereocenters. The highest BCUT2D eigenvalue weighted by Crippen LogP contribution is 2.18. The van der Waals surface area contributed by atoms with Gasteiger partial charge in [0.2, 0.25) is 5.91 Å². The predicted octanol–water partition coefficient (Wildman–Crippen LogP) is 1.61. The van der Waals surface area contributed by atoms with Crippen LogP contribution in [0.3, 0.4) is 0 Å². The minimum absolute atomic E-state index is 0.107. The molecule has 106 valence electrons. The first-order chi connectivity index (χ1) is 9.20. The van der Waals surface area contributed by atoms with E-state index in [4.69, 9.17) is 4.74 Å². The van der Waals surface area contributed by atoms with Gasteiger partial charge in [-0.2, -0.15) is 5.10 Å². The summed E-state index contributed by atoms with van der Waals surface area (Å²) in [5.74, 6) is 0.107. The second-order valence-corrected chi connectivity index (χ2v) is 5.11. The van der Waals surface area contributed by atoms with Gasteiger partial charge < -0.3 is 9.64 Å². The van der Waals surface area contributed by atoms with Crippen molar-refractivity contribution in [3.8, 4) is 0 Å². The number of hydrogen-bond donors (Lipinski definition) is 0. The van der Waals surface area contributed by atoms with Crippen LogP contribution in [0.25, 0.3) is 0 Å². The van der Waals surface area contributed by atoms with Gasteiger partial charge in [0.15, 0.2) is 0 Å². The quantitative estimate of drug-likeness (QED) is 0.812. The van der Waals surface area contributed by atoms with Crippen LogP contribution in [0.1, 0.15) is 31.7 Å². The van der Waals surface area contributed by atoms with E-state index >= 15 is 0 Å². The molecular weight excluding hydrogens is 242 g/mol. The number of rotatable bonds is 5. The maximum absolute atomic E-state index is 12.1. The molecule has 1 amide bonds. The van der Waals surface area contributed by atoms with Crippen molar-refractivity contribution >= 4 is 5.91 Å². The van der Waals surface area contributed by atoms with Crippen molar-refractivity contribution in [3.05, 3.63) is 18.0 Å². The standard InChI is InChI=1S/C14H23N3O2/c1-3-19-11-14(18)17-7-5-4-6-13(17)10-16-9-12(2)8-15-16/h8-9,13H,3-7,10-11H2,1-2H3/t13-/m0/s1. The Morgan fingerprint density at radius 1 is 1.53 bits per heavy atom. The fourth-order valence-electron chi connectivity index (χ4n) is 2.57. The van der Waals surface area contributed by atoms with Crippen LogP contribution in [0, 0.1) is 6.92 Å². The zero-order chi connectivity index (χ0) is 13.7. The second kappa shape index (κ2) is 6.70. The molecule has 1 aliphatic rings. The molecule has 1 saturated heterocycles. The summed E-state index contributed by atoms with van der Waals surface area (Å²) in [5.41, 5.74) is 1.16. The van der Waals surface area contributed by atoms with Crippen molar-refractivity contribution < 1.29 is 9.53 Å². The van der Waals surface area contributed by atoms with E-state index in [0.29, 0.717) is 6.61 Å². The summed E-state index contributed by atoms with van der Waals surface area (Å²) in [6.45, 7) is 6.35. The Morgan fingerprint density at radius 2 is 2.37 bits per heavy atom. The number of likely N-dealkylation sites (tertiary alicyclic amines) is 1. The maximum Gasteiger partial charge on any atom is 0.248 e. The Labute approximate surface area is 114 Å². The van der Waals surface area contributed by atoms with Crippen LogP contribution in [-0.4, -0.2) is 46.4 Å². The zero-order valence-electron chi connectivity index (χ0n) is 11.8. The van der Waals surface area contributed by atoms with Crippen molar-refractivity contribution in [1.82, 2.24) is 14.7 Å². The third-order valence-corrected chi connectivity index (χ3v) is 3.54. The largest absolute Gasteiger partial charge is 0.372 e. The van der Waals surface area contributed by atoms with Crippen molar-refractivity contribution in [1.29, 1.82) is 0 Å². The fraction of sp³-hybridized carbons (Fsp3) is 0.714. The van der Waals surface area contributed by atoms with E-state index in [1.807, 2.05) is 35.8 Å². The van der Waals surface area contributed by atoms with Crippen molar-refractivity contribution in [2.75, 3.05) is 19.8 Å². The normalized spacial score (nSPS) is 19.7. The van der Waals surface area contributed by atoms with E-state index in [2.05, 4.69) is 5.10 Å². The third-order valence-electron chi connectivity index (χ3n) is 3.54. The topological polar surface area (TPSA) is 47.4 Å². The monoisotopic (exact) mass is 265 g/mol. The molecule has 5 heteroatoms. The molecule has 0 aliphatic carbocycles. The molecule has 0 bridgehead atoms. The highest BCUT2D eigenvalue weighted by atomic mass is 16.5. The Bertz CT molecular complexity index is 417. The lowest BCUT2D eigenvalue weighted by Crippen LogP contribution is -2.47. The van der Waals surface area contributed by atoms with E-state index in [-0.39, 0.29) is 18.6 Å². The highest BCUT2D eigenvalue weighted by Gasteiger charge is 2.26. The lowest BCUT2D eigenvalue weighted by Gasteiger charge is -2.35. The molecule has 0 saturated carbocycles. The molecule has 0 spiro atoms. The van der Waals surface area contributed by atoms with Crippen molar-refractivity contribution in [3.63, 3.8) is 0 Å². The van der Waals surface area contributed by atoms with E-state index in [1.54, 1.807) is 0 Å². The summed E-state index contributed by atoms with van der Waals surface area (Å²) in [6.07, 6.45) is 7.21. The molecular formula is C14H23N3O2. The highest BCUT2D eigenvalue weighted by molar-refractivity contribution is 5.77. The first kappa shape index (κ1) is 14.1. The first-order valence-corrected chi connectivity index (χ1v) is 7.07. The van der Waals surface area contributed by atoms with E-state index in [1.165, 1.54) is 6.42 Å². The molecule has 5 nitrogen and oxygen atoms in total. The number of piperidine rings is 1. The molecule has 19 heavy (non-hydrogen) atoms. The van der Waals surface area contributed by atoms with Crippen LogP contribution in [0.4, 0.5) is 0 Å². The second-order valence-electron chi connectivity index (χ2n) is 5.11. The number of carbonyl (C=O) groups is 1. The number of nitrogens with zero attached hydrogens (tertiary/aromatic N) is 3. The zero-order valence-corrected chi connectivity index (χ0v) is 11.8. The van der Waals surface area contributed by atoms with Crippen LogP contribution in [0.2, 0.25) is 0 Å². The van der Waals surface area contributed by atoms with E-state index < -0.39 is 0 Å². The van der Waals surface area contributed by atoms with Gasteiger partial charge in [-0.3, -0.25) is 9.48 Å². The van der Waals surface area contributed by atoms with Gasteiger partial charge in [-0.15, -0.1) is 0 Å². The lowest BCUT2D eigenvalue weighted by atomic mass is 10.0. The van der Waals surface area contributed by atoms with Gasteiger partial charge >= 0.3 is 0 Å². The number of aromatic nitrogens is 2. The van der Waals surface area contributed by atoms with Crippen LogP contribution < -0.4 is 0 Å². The van der Waals surface area contributed by atoms with Crippen LogP contribution in [0.15, 0.2) is 12.4 Å². The van der Waals surface area contributed by atoms with Crippen molar-refractivity contribution in [2.45, 2.75) is 45.7 Å². The predicted molar refractivity (Wildman–Crippen MR) is 72.8 cm³/mol. The molecule has 0 unspecified atom stereocenters. The molecule has 1 fully saturated rings. The number of amides is 1. The van der Waals surface area contributed by atoms with Crippen LogP contribution in [0.5, 0.6) is 0 Å². The first-order valence-electron chi connectivity index (χ1n) is 7.07. The Kier molecular flexibility index (Phi) is 4.96. The fourth-order valence-corrected chi connectivity index (χ4v) is 2.57. The lowest BCUT2D eigenvalue weighted by molar-refractivity contribution is -0.140. The van der Waals surface area contributed by atoms with Gasteiger partial charge in [0.1, 0.15) is 6.61 Å². The number of carbonyl (C=O) groups excluding carboxylic acids is 1. The molecule has 1 aliphatic heterocycles. The Morgan fingerprint density at radius 3 is 3.05 bits per heavy atom. The smallest absolute Gasteiger partial charge is 0.248 e. The van der Waals surface area contributed by atoms with Gasteiger partial charge in [-0.25, -0.2) is 0 Å². The summed E-state index contributed by atoms with van der Waals surface area (Å²) < 4.78 is 7.17. The van der Waals surface area contributed by atoms with Gasteiger partial charge in [0.05, 0.1) is 18.8 Å². The summed E-state index contributed by atoms with van der Waals surface area (Å²) in [4.78, 5) is 14.1. The Balaban J connectivity index is 1.97. The maximum atomic E-state index is 12.1. The molecule has 0 radical (unpaired) electrons. The van der Waals surface area contributed by atoms with Gasteiger partial charge in [0, 0.05) is 19.3 Å². The molecule has 0 N–H and O–H groups in total. The Hall–Kier alpha value is -1.36. The summed E-state index contributed by atoms with van der Waals surface area (Å²) in [7, 11) is 0. The van der Waals surface area contributed by atoms with Crippen LogP contribution in [-0.2, 0) is 16.1 Å². The SMILES string of the molecule is CCOCC(=O)N1CCCC[C@H]1Cn1cc(C)cn1. The summed E-state index contributed by atoms with van der Waals surface area (Å²) in [6, 6.07) is 0.251. The molecule has 2 heterocycles. The molecule has 0 aromatic carbocycles. The van der Waals surface area contributed by atoms with E-state index in [9.17, 15) is 4.79 Å². The summed E-state index contributed by atoms with van der Waals surface area (Å²) in [5, 5.41) is 4.31. The van der Waals surface area contributed by atoms with Gasteiger partial charge in [0.25, 0.3) is 0 Å². The van der Waals surface area contributed by atoms with Gasteiger partial charge in [-0.1, -0.05) is 0 Å². The average molecular weight is 265 g/mol. The number of aryl methyl sites for hydroxylation is 1. The molecule has 2 rings (SSSR count). The summed E-state index contributed by atoms with van der Waals surface area (Å²) >= 11 is 0. The van der Waals surface area contributed by atoms with Crippen LogP contribution >= 0.6 is 0 Å². The van der Waals surface area contributed by atoms with Crippen molar-refractivity contribution in [2.24, 2.45) is 0 Å². The number of ether oxygens (including phenoxy) is 1. The molecule has 1 aromatic heterocycles. The minimum atomic E-state index is 0.107. The minimum Gasteiger partial charge on any atom is -0.372 e. The van der Waals surface area contributed by atoms with Gasteiger partial charge in [-0.05, 0) is 38.7 Å². The average Bonchev–Trinajstić information content (AvgIpc) is 2.82. The third kappa shape index (κ3) is 3.80. The number of hydrogen-bond acceptors (Lipinski definition) is 3. The molecule has 1 aromatic rings. The van der Waals surface area contributed by atoms with E-state index in [0.717, 1.165) is 31.5 Å².